The smallest absolute Gasteiger partial charge is 0.245 e. The Hall–Kier alpha value is -2.86. The molecule has 0 saturated heterocycles. The molecule has 0 aliphatic heterocycles. The van der Waals surface area contributed by atoms with E-state index in [0.29, 0.717) is 17.3 Å². The van der Waals surface area contributed by atoms with E-state index in [1.54, 1.807) is 12.1 Å². The van der Waals surface area contributed by atoms with E-state index in [1.807, 2.05) is 54.6 Å². The number of sulfonamides is 1. The largest absolute Gasteiger partial charge is 0.324 e. The first kappa shape index (κ1) is 19.9. The van der Waals surface area contributed by atoms with E-state index in [0.717, 1.165) is 26.9 Å². The Kier molecular flexibility index (Phi) is 5.70. The highest BCUT2D eigenvalue weighted by atomic mass is 32.2. The number of nitrogens with one attached hydrogen (secondary N) is 1. The van der Waals surface area contributed by atoms with Gasteiger partial charge in [0.15, 0.2) is 0 Å². The quantitative estimate of drug-likeness (QED) is 0.673. The van der Waals surface area contributed by atoms with E-state index < -0.39 is 15.9 Å². The van der Waals surface area contributed by atoms with Crippen molar-refractivity contribution in [2.75, 3.05) is 22.4 Å². The van der Waals surface area contributed by atoms with Gasteiger partial charge in [-0.15, -0.1) is 0 Å². The number of hydrogen-bond acceptors (Lipinski definition) is 3. The molecule has 5 nitrogen and oxygen atoms in total. The molecular formula is C22H24N2O3S. The minimum Gasteiger partial charge on any atom is -0.324 e. The fraction of sp³-hybridized carbons (Fsp3) is 0.227. The predicted octanol–water partition coefficient (Wildman–Crippen LogP) is 4.37. The first-order valence-corrected chi connectivity index (χ1v) is 11.0. The highest BCUT2D eigenvalue weighted by Gasteiger charge is 2.21. The van der Waals surface area contributed by atoms with Gasteiger partial charge in [-0.1, -0.05) is 56.3 Å². The summed E-state index contributed by atoms with van der Waals surface area (Å²) in [5.74, 6) is -0.0504. The van der Waals surface area contributed by atoms with Gasteiger partial charge in [0.25, 0.3) is 0 Å². The summed E-state index contributed by atoms with van der Waals surface area (Å²) in [6, 6.07) is 20.7. The van der Waals surface area contributed by atoms with Crippen LogP contribution in [0.2, 0.25) is 0 Å². The minimum absolute atomic E-state index is 0.285. The van der Waals surface area contributed by atoms with Crippen LogP contribution in [0.15, 0.2) is 66.7 Å². The monoisotopic (exact) mass is 396 g/mol. The van der Waals surface area contributed by atoms with Crippen LogP contribution in [0.25, 0.3) is 10.8 Å². The van der Waals surface area contributed by atoms with E-state index in [2.05, 4.69) is 19.2 Å². The standard InChI is InChI=1S/C22H24N2O3S/c1-16(2)17-9-12-21(13-10-17)24(28(3,26)27)15-22(25)23-20-11-8-18-6-4-5-7-19(18)14-20/h4-14,16H,15H2,1-3H3,(H,23,25). The van der Waals surface area contributed by atoms with Gasteiger partial charge < -0.3 is 5.32 Å². The molecule has 0 aliphatic carbocycles. The number of benzene rings is 3. The van der Waals surface area contributed by atoms with Crippen molar-refractivity contribution in [3.05, 3.63) is 72.3 Å². The molecule has 0 unspecified atom stereocenters. The number of anilines is 2. The van der Waals surface area contributed by atoms with Crippen LogP contribution in [-0.4, -0.2) is 27.1 Å². The van der Waals surface area contributed by atoms with Crippen LogP contribution >= 0.6 is 0 Å². The lowest BCUT2D eigenvalue weighted by Gasteiger charge is -2.22. The summed E-state index contributed by atoms with van der Waals surface area (Å²) < 4.78 is 25.6. The molecule has 6 heteroatoms. The third-order valence-electron chi connectivity index (χ3n) is 4.57. The van der Waals surface area contributed by atoms with E-state index in [-0.39, 0.29) is 6.54 Å². The number of fused-ring (bicyclic) bond motifs is 1. The molecule has 0 atom stereocenters. The maximum absolute atomic E-state index is 12.5. The molecule has 1 amide bonds. The average molecular weight is 397 g/mol. The van der Waals surface area contributed by atoms with Crippen molar-refractivity contribution in [1.29, 1.82) is 0 Å². The third-order valence-corrected chi connectivity index (χ3v) is 5.71. The van der Waals surface area contributed by atoms with E-state index in [4.69, 9.17) is 0 Å². The minimum atomic E-state index is -3.60. The summed E-state index contributed by atoms with van der Waals surface area (Å²) in [5, 5.41) is 4.87. The summed E-state index contributed by atoms with van der Waals surface area (Å²) in [4.78, 5) is 12.5. The normalized spacial score (nSPS) is 11.6. The first-order valence-electron chi connectivity index (χ1n) is 9.10. The Morgan fingerprint density at radius 2 is 1.61 bits per heavy atom. The van der Waals surface area contributed by atoms with Gasteiger partial charge in [-0.25, -0.2) is 8.42 Å². The highest BCUT2D eigenvalue weighted by molar-refractivity contribution is 7.92. The Morgan fingerprint density at radius 1 is 0.964 bits per heavy atom. The summed E-state index contributed by atoms with van der Waals surface area (Å²) in [5.41, 5.74) is 2.21. The molecule has 3 rings (SSSR count). The van der Waals surface area contributed by atoms with Gasteiger partial charge >= 0.3 is 0 Å². The van der Waals surface area contributed by atoms with E-state index in [9.17, 15) is 13.2 Å². The van der Waals surface area contributed by atoms with Gasteiger partial charge in [0, 0.05) is 5.69 Å². The molecule has 3 aromatic carbocycles. The van der Waals surface area contributed by atoms with Crippen molar-refractivity contribution in [3.63, 3.8) is 0 Å². The van der Waals surface area contributed by atoms with Crippen molar-refractivity contribution in [2.24, 2.45) is 0 Å². The van der Waals surface area contributed by atoms with Crippen LogP contribution in [-0.2, 0) is 14.8 Å². The summed E-state index contributed by atoms with van der Waals surface area (Å²) >= 11 is 0. The Bertz CT molecular complexity index is 1090. The summed E-state index contributed by atoms with van der Waals surface area (Å²) in [6.45, 7) is 3.85. The number of rotatable bonds is 6. The van der Waals surface area contributed by atoms with Crippen molar-refractivity contribution in [2.45, 2.75) is 19.8 Å². The van der Waals surface area contributed by atoms with Gasteiger partial charge in [0.05, 0.1) is 11.9 Å². The van der Waals surface area contributed by atoms with Crippen LogP contribution in [0.1, 0.15) is 25.3 Å². The zero-order valence-corrected chi connectivity index (χ0v) is 17.0. The van der Waals surface area contributed by atoms with Crippen LogP contribution < -0.4 is 9.62 Å². The topological polar surface area (TPSA) is 66.5 Å². The SMILES string of the molecule is CC(C)c1ccc(N(CC(=O)Nc2ccc3ccccc3c2)S(C)(=O)=O)cc1. The molecule has 0 heterocycles. The number of carbonyl (C=O) groups is 1. The van der Waals surface area contributed by atoms with E-state index in [1.165, 1.54) is 0 Å². The highest BCUT2D eigenvalue weighted by Crippen LogP contribution is 2.23. The third kappa shape index (κ3) is 4.70. The molecule has 1 N–H and O–H groups in total. The second-order valence-electron chi connectivity index (χ2n) is 7.13. The maximum atomic E-state index is 12.5. The lowest BCUT2D eigenvalue weighted by atomic mass is 10.0. The van der Waals surface area contributed by atoms with E-state index >= 15 is 0 Å². The molecule has 28 heavy (non-hydrogen) atoms. The number of hydrogen-bond donors (Lipinski definition) is 1. The van der Waals surface area contributed by atoms with Crippen LogP contribution in [0, 0.1) is 0 Å². The summed E-state index contributed by atoms with van der Waals surface area (Å²) in [6.07, 6.45) is 1.10. The Labute approximate surface area is 166 Å². The van der Waals surface area contributed by atoms with Crippen molar-refractivity contribution in [3.8, 4) is 0 Å². The average Bonchev–Trinajstić information content (AvgIpc) is 2.65. The van der Waals surface area contributed by atoms with Crippen molar-refractivity contribution < 1.29 is 13.2 Å². The maximum Gasteiger partial charge on any atom is 0.245 e. The predicted molar refractivity (Wildman–Crippen MR) is 115 cm³/mol. The van der Waals surface area contributed by atoms with Gasteiger partial charge in [0.1, 0.15) is 6.54 Å². The van der Waals surface area contributed by atoms with Crippen molar-refractivity contribution >= 4 is 38.1 Å². The molecule has 0 saturated carbocycles. The molecule has 0 bridgehead atoms. The molecule has 0 aromatic heterocycles. The molecule has 0 aliphatic rings. The van der Waals surface area contributed by atoms with Crippen LogP contribution in [0.4, 0.5) is 11.4 Å². The lowest BCUT2D eigenvalue weighted by molar-refractivity contribution is -0.114. The molecule has 146 valence electrons. The van der Waals surface area contributed by atoms with Crippen LogP contribution in [0.5, 0.6) is 0 Å². The Morgan fingerprint density at radius 3 is 2.21 bits per heavy atom. The van der Waals surface area contributed by atoms with Gasteiger partial charge in [-0.2, -0.15) is 0 Å². The van der Waals surface area contributed by atoms with Gasteiger partial charge in [0.2, 0.25) is 15.9 Å². The molecule has 0 fully saturated rings. The fourth-order valence-electron chi connectivity index (χ4n) is 3.02. The molecule has 0 radical (unpaired) electrons. The zero-order chi connectivity index (χ0) is 20.3. The van der Waals surface area contributed by atoms with Gasteiger partial charge in [-0.05, 0) is 46.5 Å². The molecule has 0 spiro atoms. The fourth-order valence-corrected chi connectivity index (χ4v) is 3.88. The second-order valence-corrected chi connectivity index (χ2v) is 9.03. The summed E-state index contributed by atoms with van der Waals surface area (Å²) in [7, 11) is -3.60. The number of carbonyl (C=O) groups excluding carboxylic acids is 1. The molecular weight excluding hydrogens is 372 g/mol. The number of amides is 1. The van der Waals surface area contributed by atoms with Crippen LogP contribution in [0.3, 0.4) is 0 Å². The lowest BCUT2D eigenvalue weighted by Crippen LogP contribution is -2.37. The first-order chi connectivity index (χ1) is 13.2. The van der Waals surface area contributed by atoms with Gasteiger partial charge in [-0.3, -0.25) is 9.10 Å². The molecule has 3 aromatic rings. The zero-order valence-electron chi connectivity index (χ0n) is 16.2. The second kappa shape index (κ2) is 8.02. The van der Waals surface area contributed by atoms with Crippen molar-refractivity contribution in [1.82, 2.24) is 0 Å². The number of nitrogens with zero attached hydrogens (tertiary/aromatic N) is 1. The Balaban J connectivity index is 1.79.